The average Bonchev–Trinajstić information content (AvgIpc) is 2.55. The van der Waals surface area contributed by atoms with E-state index in [1.807, 2.05) is 17.7 Å². The SMILES string of the molecule is CCn1nc(C(C)C)c2ccc(F)cc21. The van der Waals surface area contributed by atoms with Crippen LogP contribution in [0.4, 0.5) is 4.39 Å². The Balaban J connectivity index is 2.75. The standard InChI is InChI=1S/C12H15FN2/c1-4-15-11-7-9(13)5-6-10(11)12(14-15)8(2)3/h5-8H,4H2,1-3H3. The van der Waals surface area contributed by atoms with Gasteiger partial charge in [-0.1, -0.05) is 13.8 Å². The molecule has 15 heavy (non-hydrogen) atoms. The van der Waals surface area contributed by atoms with Gasteiger partial charge in [0.15, 0.2) is 0 Å². The highest BCUT2D eigenvalue weighted by atomic mass is 19.1. The third kappa shape index (κ3) is 1.62. The molecule has 0 unspecified atom stereocenters. The molecule has 0 fully saturated rings. The van der Waals surface area contributed by atoms with Gasteiger partial charge in [-0.05, 0) is 31.0 Å². The summed E-state index contributed by atoms with van der Waals surface area (Å²) in [6, 6.07) is 4.87. The van der Waals surface area contributed by atoms with E-state index in [0.717, 1.165) is 23.1 Å². The number of aryl methyl sites for hydroxylation is 1. The van der Waals surface area contributed by atoms with E-state index < -0.39 is 0 Å². The Morgan fingerprint density at radius 1 is 1.40 bits per heavy atom. The van der Waals surface area contributed by atoms with Crippen molar-refractivity contribution < 1.29 is 4.39 Å². The normalized spacial score (nSPS) is 11.5. The summed E-state index contributed by atoms with van der Waals surface area (Å²) < 4.78 is 15.0. The van der Waals surface area contributed by atoms with Crippen molar-refractivity contribution >= 4 is 10.9 Å². The lowest BCUT2D eigenvalue weighted by Gasteiger charge is -1.98. The van der Waals surface area contributed by atoms with Gasteiger partial charge in [0.2, 0.25) is 0 Å². The van der Waals surface area contributed by atoms with E-state index in [1.165, 1.54) is 6.07 Å². The van der Waals surface area contributed by atoms with Crippen LogP contribution in [0.1, 0.15) is 32.4 Å². The largest absolute Gasteiger partial charge is 0.265 e. The molecule has 2 aromatic rings. The Morgan fingerprint density at radius 2 is 2.13 bits per heavy atom. The number of rotatable bonds is 2. The highest BCUT2D eigenvalue weighted by molar-refractivity contribution is 5.82. The number of hydrogen-bond acceptors (Lipinski definition) is 1. The van der Waals surface area contributed by atoms with E-state index in [4.69, 9.17) is 0 Å². The van der Waals surface area contributed by atoms with Gasteiger partial charge in [-0.3, -0.25) is 4.68 Å². The molecule has 0 atom stereocenters. The van der Waals surface area contributed by atoms with Crippen molar-refractivity contribution in [2.24, 2.45) is 0 Å². The van der Waals surface area contributed by atoms with E-state index in [-0.39, 0.29) is 5.82 Å². The fraction of sp³-hybridized carbons (Fsp3) is 0.417. The minimum absolute atomic E-state index is 0.201. The maximum Gasteiger partial charge on any atom is 0.125 e. The van der Waals surface area contributed by atoms with Crippen LogP contribution in [0.25, 0.3) is 10.9 Å². The summed E-state index contributed by atoms with van der Waals surface area (Å²) in [5, 5.41) is 5.56. The first-order valence-corrected chi connectivity index (χ1v) is 5.29. The molecule has 0 aliphatic heterocycles. The fourth-order valence-electron chi connectivity index (χ4n) is 1.84. The van der Waals surface area contributed by atoms with E-state index in [0.29, 0.717) is 5.92 Å². The summed E-state index contributed by atoms with van der Waals surface area (Å²) in [4.78, 5) is 0. The van der Waals surface area contributed by atoms with Crippen LogP contribution in [0.5, 0.6) is 0 Å². The highest BCUT2D eigenvalue weighted by Crippen LogP contribution is 2.25. The Morgan fingerprint density at radius 3 is 2.73 bits per heavy atom. The van der Waals surface area contributed by atoms with E-state index in [2.05, 4.69) is 18.9 Å². The predicted molar refractivity (Wildman–Crippen MR) is 59.5 cm³/mol. The number of benzene rings is 1. The van der Waals surface area contributed by atoms with Crippen LogP contribution in [0.15, 0.2) is 18.2 Å². The molecule has 0 saturated carbocycles. The molecule has 3 heteroatoms. The van der Waals surface area contributed by atoms with Crippen molar-refractivity contribution in [2.45, 2.75) is 33.2 Å². The molecule has 1 aromatic carbocycles. The summed E-state index contributed by atoms with van der Waals surface area (Å²) in [5.41, 5.74) is 1.94. The number of nitrogens with zero attached hydrogens (tertiary/aromatic N) is 2. The van der Waals surface area contributed by atoms with Gasteiger partial charge in [-0.25, -0.2) is 4.39 Å². The fourth-order valence-corrected chi connectivity index (χ4v) is 1.84. The number of halogens is 1. The zero-order chi connectivity index (χ0) is 11.0. The Labute approximate surface area is 88.7 Å². The van der Waals surface area contributed by atoms with Crippen LogP contribution in [0.3, 0.4) is 0 Å². The zero-order valence-electron chi connectivity index (χ0n) is 9.29. The monoisotopic (exact) mass is 206 g/mol. The summed E-state index contributed by atoms with van der Waals surface area (Å²) in [6.45, 7) is 6.99. The molecular weight excluding hydrogens is 191 g/mol. The van der Waals surface area contributed by atoms with Gasteiger partial charge in [-0.15, -0.1) is 0 Å². The van der Waals surface area contributed by atoms with Gasteiger partial charge in [0.25, 0.3) is 0 Å². The van der Waals surface area contributed by atoms with Gasteiger partial charge in [0.1, 0.15) is 5.82 Å². The van der Waals surface area contributed by atoms with Crippen LogP contribution in [-0.4, -0.2) is 9.78 Å². The molecule has 0 spiro atoms. The molecular formula is C12H15FN2. The Hall–Kier alpha value is -1.38. The summed E-state index contributed by atoms with van der Waals surface area (Å²) in [7, 11) is 0. The van der Waals surface area contributed by atoms with Gasteiger partial charge < -0.3 is 0 Å². The number of fused-ring (bicyclic) bond motifs is 1. The van der Waals surface area contributed by atoms with E-state index >= 15 is 0 Å². The van der Waals surface area contributed by atoms with Crippen LogP contribution >= 0.6 is 0 Å². The zero-order valence-corrected chi connectivity index (χ0v) is 9.29. The number of hydrogen-bond donors (Lipinski definition) is 0. The first-order chi connectivity index (χ1) is 7.13. The maximum absolute atomic E-state index is 13.1. The lowest BCUT2D eigenvalue weighted by molar-refractivity contribution is 0.623. The van der Waals surface area contributed by atoms with Gasteiger partial charge in [0.05, 0.1) is 11.2 Å². The van der Waals surface area contributed by atoms with Crippen molar-refractivity contribution in [3.8, 4) is 0 Å². The van der Waals surface area contributed by atoms with Crippen LogP contribution in [0.2, 0.25) is 0 Å². The molecule has 0 aliphatic rings. The molecule has 1 aromatic heterocycles. The minimum atomic E-state index is -0.201. The van der Waals surface area contributed by atoms with Crippen molar-refractivity contribution in [1.29, 1.82) is 0 Å². The second-order valence-electron chi connectivity index (χ2n) is 4.02. The minimum Gasteiger partial charge on any atom is -0.265 e. The molecule has 0 N–H and O–H groups in total. The Kier molecular flexibility index (Phi) is 2.47. The smallest absolute Gasteiger partial charge is 0.125 e. The van der Waals surface area contributed by atoms with Gasteiger partial charge in [0, 0.05) is 11.9 Å². The summed E-state index contributed by atoms with van der Waals surface area (Å²) >= 11 is 0. The summed E-state index contributed by atoms with van der Waals surface area (Å²) in [5.74, 6) is 0.165. The second kappa shape index (κ2) is 3.65. The quantitative estimate of drug-likeness (QED) is 0.737. The second-order valence-corrected chi connectivity index (χ2v) is 4.02. The lowest BCUT2D eigenvalue weighted by Crippen LogP contribution is -1.97. The molecule has 2 rings (SSSR count). The van der Waals surface area contributed by atoms with Gasteiger partial charge in [-0.2, -0.15) is 5.10 Å². The molecule has 0 amide bonds. The molecule has 2 nitrogen and oxygen atoms in total. The topological polar surface area (TPSA) is 17.8 Å². The highest BCUT2D eigenvalue weighted by Gasteiger charge is 2.12. The van der Waals surface area contributed by atoms with Crippen LogP contribution in [0, 0.1) is 5.82 Å². The predicted octanol–water partition coefficient (Wildman–Crippen LogP) is 3.32. The van der Waals surface area contributed by atoms with Crippen molar-refractivity contribution in [2.75, 3.05) is 0 Å². The Bertz CT molecular complexity index is 486. The lowest BCUT2D eigenvalue weighted by atomic mass is 10.1. The third-order valence-corrected chi connectivity index (χ3v) is 2.59. The van der Waals surface area contributed by atoms with Crippen molar-refractivity contribution in [3.63, 3.8) is 0 Å². The average molecular weight is 206 g/mol. The van der Waals surface area contributed by atoms with Gasteiger partial charge >= 0.3 is 0 Å². The third-order valence-electron chi connectivity index (χ3n) is 2.59. The summed E-state index contributed by atoms with van der Waals surface area (Å²) in [6.07, 6.45) is 0. The molecule has 0 radical (unpaired) electrons. The molecule has 80 valence electrons. The van der Waals surface area contributed by atoms with Crippen molar-refractivity contribution in [3.05, 3.63) is 29.7 Å². The van der Waals surface area contributed by atoms with Crippen molar-refractivity contribution in [1.82, 2.24) is 9.78 Å². The molecule has 0 saturated heterocycles. The maximum atomic E-state index is 13.1. The van der Waals surface area contributed by atoms with Crippen LogP contribution in [-0.2, 0) is 6.54 Å². The number of aromatic nitrogens is 2. The van der Waals surface area contributed by atoms with Crippen LogP contribution < -0.4 is 0 Å². The molecule has 1 heterocycles. The van der Waals surface area contributed by atoms with E-state index in [1.54, 1.807) is 6.07 Å². The molecule has 0 aliphatic carbocycles. The first-order valence-electron chi connectivity index (χ1n) is 5.29. The first kappa shape index (κ1) is 10.1. The van der Waals surface area contributed by atoms with E-state index in [9.17, 15) is 4.39 Å². The molecule has 0 bridgehead atoms.